The Morgan fingerprint density at radius 3 is 2.56 bits per heavy atom. The molecule has 0 aromatic carbocycles. The minimum absolute atomic E-state index is 0.301. The SMILES string of the molecule is CN1CCN(c2nccnc2OON)CC1. The van der Waals surface area contributed by atoms with E-state index in [4.69, 9.17) is 10.8 Å². The number of piperazine rings is 1. The number of rotatable bonds is 3. The summed E-state index contributed by atoms with van der Waals surface area (Å²) in [5.74, 6) is 5.83. The zero-order chi connectivity index (χ0) is 11.4. The van der Waals surface area contributed by atoms with Gasteiger partial charge in [-0.1, -0.05) is 4.99 Å². The largest absolute Gasteiger partial charge is 0.349 e. The molecule has 2 heterocycles. The lowest BCUT2D eigenvalue weighted by Gasteiger charge is -2.33. The van der Waals surface area contributed by atoms with Crippen LogP contribution in [0, 0.1) is 0 Å². The van der Waals surface area contributed by atoms with Crippen molar-refractivity contribution in [2.45, 2.75) is 0 Å². The lowest BCUT2D eigenvalue weighted by Crippen LogP contribution is -2.45. The summed E-state index contributed by atoms with van der Waals surface area (Å²) in [6.45, 7) is 3.74. The molecule has 0 saturated carbocycles. The molecular weight excluding hydrogens is 210 g/mol. The molecule has 0 spiro atoms. The first-order chi connectivity index (χ1) is 7.81. The highest BCUT2D eigenvalue weighted by molar-refractivity contribution is 5.47. The van der Waals surface area contributed by atoms with Gasteiger partial charge in [0.1, 0.15) is 0 Å². The van der Waals surface area contributed by atoms with Crippen molar-refractivity contribution < 1.29 is 9.88 Å². The number of hydrogen-bond acceptors (Lipinski definition) is 7. The van der Waals surface area contributed by atoms with Gasteiger partial charge in [-0.2, -0.15) is 5.90 Å². The van der Waals surface area contributed by atoms with E-state index in [1.54, 1.807) is 6.20 Å². The van der Waals surface area contributed by atoms with Crippen LogP contribution in [0.15, 0.2) is 12.4 Å². The predicted molar refractivity (Wildman–Crippen MR) is 57.6 cm³/mol. The van der Waals surface area contributed by atoms with Gasteiger partial charge in [0.05, 0.1) is 0 Å². The van der Waals surface area contributed by atoms with Gasteiger partial charge in [-0.15, -0.1) is 0 Å². The smallest absolute Gasteiger partial charge is 0.301 e. The van der Waals surface area contributed by atoms with Gasteiger partial charge in [0.2, 0.25) is 0 Å². The van der Waals surface area contributed by atoms with Gasteiger partial charge in [-0.05, 0) is 7.05 Å². The highest BCUT2D eigenvalue weighted by Gasteiger charge is 2.20. The van der Waals surface area contributed by atoms with Crippen LogP contribution in [0.4, 0.5) is 5.82 Å². The Labute approximate surface area is 93.7 Å². The van der Waals surface area contributed by atoms with E-state index < -0.39 is 0 Å². The van der Waals surface area contributed by atoms with Crippen LogP contribution in [-0.4, -0.2) is 48.1 Å². The molecule has 1 aliphatic rings. The van der Waals surface area contributed by atoms with E-state index in [1.807, 2.05) is 0 Å². The van der Waals surface area contributed by atoms with Gasteiger partial charge in [0, 0.05) is 38.6 Å². The molecule has 1 fully saturated rings. The van der Waals surface area contributed by atoms with Crippen LogP contribution in [0.1, 0.15) is 0 Å². The Hall–Kier alpha value is -1.44. The molecule has 88 valence electrons. The maximum atomic E-state index is 4.86. The summed E-state index contributed by atoms with van der Waals surface area (Å²) < 4.78 is 0. The van der Waals surface area contributed by atoms with Crippen LogP contribution in [0.2, 0.25) is 0 Å². The van der Waals surface area contributed by atoms with E-state index in [0.29, 0.717) is 11.7 Å². The maximum absolute atomic E-state index is 4.86. The minimum Gasteiger partial charge on any atom is -0.349 e. The Morgan fingerprint density at radius 1 is 1.19 bits per heavy atom. The Kier molecular flexibility index (Phi) is 3.50. The molecule has 0 atom stereocenters. The van der Waals surface area contributed by atoms with Crippen LogP contribution in [0.25, 0.3) is 0 Å². The third kappa shape index (κ3) is 2.38. The third-order valence-electron chi connectivity index (χ3n) is 2.58. The fourth-order valence-corrected chi connectivity index (χ4v) is 1.66. The summed E-state index contributed by atoms with van der Waals surface area (Å²) in [5.41, 5.74) is 0. The number of anilines is 1. The highest BCUT2D eigenvalue weighted by Crippen LogP contribution is 2.23. The van der Waals surface area contributed by atoms with Gasteiger partial charge in [0.25, 0.3) is 0 Å². The van der Waals surface area contributed by atoms with Crippen molar-refractivity contribution >= 4 is 5.82 Å². The van der Waals surface area contributed by atoms with Crippen LogP contribution in [0.3, 0.4) is 0 Å². The fourth-order valence-electron chi connectivity index (χ4n) is 1.66. The fraction of sp³-hybridized carbons (Fsp3) is 0.556. The minimum atomic E-state index is 0.301. The van der Waals surface area contributed by atoms with E-state index in [0.717, 1.165) is 26.2 Å². The number of aromatic nitrogens is 2. The van der Waals surface area contributed by atoms with Crippen LogP contribution in [0.5, 0.6) is 5.88 Å². The van der Waals surface area contributed by atoms with E-state index in [2.05, 4.69) is 31.8 Å². The highest BCUT2D eigenvalue weighted by atomic mass is 17.3. The second kappa shape index (κ2) is 5.06. The molecule has 1 saturated heterocycles. The molecule has 1 aliphatic heterocycles. The van der Waals surface area contributed by atoms with Crippen molar-refractivity contribution in [3.05, 3.63) is 12.4 Å². The third-order valence-corrected chi connectivity index (χ3v) is 2.58. The van der Waals surface area contributed by atoms with Crippen LogP contribution in [-0.2, 0) is 4.99 Å². The standard InChI is InChI=1S/C9H15N5O2/c1-13-4-6-14(7-5-13)8-9(15-16-10)12-3-2-11-8/h2-3H,4-7,10H2,1H3. The van der Waals surface area contributed by atoms with Crippen molar-refractivity contribution in [1.29, 1.82) is 0 Å². The zero-order valence-corrected chi connectivity index (χ0v) is 9.17. The molecule has 0 bridgehead atoms. The molecule has 16 heavy (non-hydrogen) atoms. The zero-order valence-electron chi connectivity index (χ0n) is 9.17. The van der Waals surface area contributed by atoms with Crippen LogP contribution >= 0.6 is 0 Å². The first-order valence-electron chi connectivity index (χ1n) is 5.09. The first kappa shape index (κ1) is 11.1. The van der Waals surface area contributed by atoms with Gasteiger partial charge in [-0.3, -0.25) is 4.89 Å². The summed E-state index contributed by atoms with van der Waals surface area (Å²) in [4.78, 5) is 21.5. The Bertz CT molecular complexity index is 340. The van der Waals surface area contributed by atoms with E-state index in [9.17, 15) is 0 Å². The van der Waals surface area contributed by atoms with Gasteiger partial charge in [0.15, 0.2) is 5.82 Å². The average Bonchev–Trinajstić information content (AvgIpc) is 2.32. The molecule has 7 heteroatoms. The molecule has 0 amide bonds. The molecule has 2 rings (SSSR count). The van der Waals surface area contributed by atoms with Crippen LogP contribution < -0.4 is 15.7 Å². The Morgan fingerprint density at radius 2 is 1.88 bits per heavy atom. The van der Waals surface area contributed by atoms with E-state index in [-0.39, 0.29) is 0 Å². The summed E-state index contributed by atoms with van der Waals surface area (Å²) in [6, 6.07) is 0. The summed E-state index contributed by atoms with van der Waals surface area (Å²) in [5, 5.41) is 0. The van der Waals surface area contributed by atoms with Gasteiger partial charge < -0.3 is 9.80 Å². The number of nitrogens with zero attached hydrogens (tertiary/aromatic N) is 4. The van der Waals surface area contributed by atoms with E-state index in [1.165, 1.54) is 6.20 Å². The molecule has 1 aromatic rings. The quantitative estimate of drug-likeness (QED) is 0.544. The van der Waals surface area contributed by atoms with Crippen molar-refractivity contribution in [3.63, 3.8) is 0 Å². The molecule has 0 unspecified atom stereocenters. The normalized spacial score (nSPS) is 17.5. The average molecular weight is 225 g/mol. The number of likely N-dealkylation sites (N-methyl/N-ethyl adjacent to an activating group) is 1. The molecule has 2 N–H and O–H groups in total. The lowest BCUT2D eigenvalue weighted by atomic mass is 10.3. The number of nitrogens with two attached hydrogens (primary N) is 1. The predicted octanol–water partition coefficient (Wildman–Crippen LogP) is -0.587. The number of hydrogen-bond donors (Lipinski definition) is 1. The summed E-state index contributed by atoms with van der Waals surface area (Å²) in [7, 11) is 2.09. The molecular formula is C9H15N5O2. The topological polar surface area (TPSA) is 76.7 Å². The summed E-state index contributed by atoms with van der Waals surface area (Å²) >= 11 is 0. The summed E-state index contributed by atoms with van der Waals surface area (Å²) in [6.07, 6.45) is 3.16. The Balaban J connectivity index is 2.13. The second-order valence-corrected chi connectivity index (χ2v) is 3.65. The molecule has 0 aliphatic carbocycles. The first-order valence-corrected chi connectivity index (χ1v) is 5.09. The molecule has 7 nitrogen and oxygen atoms in total. The van der Waals surface area contributed by atoms with Gasteiger partial charge >= 0.3 is 5.88 Å². The maximum Gasteiger partial charge on any atom is 0.301 e. The lowest BCUT2D eigenvalue weighted by molar-refractivity contribution is -0.214. The van der Waals surface area contributed by atoms with Crippen molar-refractivity contribution in [1.82, 2.24) is 14.9 Å². The van der Waals surface area contributed by atoms with E-state index >= 15 is 0 Å². The second-order valence-electron chi connectivity index (χ2n) is 3.65. The molecule has 0 radical (unpaired) electrons. The van der Waals surface area contributed by atoms with Crippen molar-refractivity contribution in [2.24, 2.45) is 5.90 Å². The van der Waals surface area contributed by atoms with Gasteiger partial charge in [-0.25, -0.2) is 9.97 Å². The molecule has 1 aromatic heterocycles. The van der Waals surface area contributed by atoms with Crippen molar-refractivity contribution in [3.8, 4) is 5.88 Å². The van der Waals surface area contributed by atoms with Crippen molar-refractivity contribution in [2.75, 3.05) is 38.1 Å². The monoisotopic (exact) mass is 225 g/mol.